The van der Waals surface area contributed by atoms with E-state index >= 15 is 0 Å². The predicted molar refractivity (Wildman–Crippen MR) is 115 cm³/mol. The zero-order valence-electron chi connectivity index (χ0n) is 17.6. The number of nitrogens with one attached hydrogen (secondary N) is 2. The largest absolute Gasteiger partial charge is 0.467 e. The van der Waals surface area contributed by atoms with Crippen LogP contribution in [0.2, 0.25) is 0 Å². The molecule has 29 heavy (non-hydrogen) atoms. The number of anilines is 2. The maximum atomic E-state index is 13.1. The number of furan rings is 1. The van der Waals surface area contributed by atoms with Crippen LogP contribution in [-0.2, 0) is 6.54 Å². The van der Waals surface area contributed by atoms with Gasteiger partial charge in [0, 0.05) is 11.4 Å². The predicted octanol–water partition coefficient (Wildman–Crippen LogP) is 5.49. The van der Waals surface area contributed by atoms with E-state index in [0.717, 1.165) is 22.6 Å². The number of aromatic nitrogens is 2. The first kappa shape index (κ1) is 20.6. The average Bonchev–Trinajstić information content (AvgIpc) is 3.19. The standard InChI is InChI=1S/C23H28N4O2/c1-14(2)18-9-6-10-19(15(3)4)21(18)27-22(28)20-12-16(5)25-23(26-20)24-13-17-8-7-11-29-17/h6-12,14-15H,13H2,1-5H3,(H,27,28)(H,24,25,26). The van der Waals surface area contributed by atoms with E-state index in [4.69, 9.17) is 4.42 Å². The number of benzene rings is 1. The minimum absolute atomic E-state index is 0.244. The highest BCUT2D eigenvalue weighted by molar-refractivity contribution is 6.04. The van der Waals surface area contributed by atoms with Gasteiger partial charge in [0.25, 0.3) is 5.91 Å². The van der Waals surface area contributed by atoms with Crippen LogP contribution in [0.3, 0.4) is 0 Å². The number of amides is 1. The van der Waals surface area contributed by atoms with Crippen molar-refractivity contribution in [3.05, 3.63) is 70.9 Å². The molecule has 152 valence electrons. The summed E-state index contributed by atoms with van der Waals surface area (Å²) in [6.45, 7) is 10.8. The normalized spacial score (nSPS) is 11.1. The highest BCUT2D eigenvalue weighted by Crippen LogP contribution is 2.32. The Morgan fingerprint density at radius 3 is 2.31 bits per heavy atom. The number of carbonyl (C=O) groups is 1. The second kappa shape index (κ2) is 8.90. The number of nitrogens with zero attached hydrogens (tertiary/aromatic N) is 2. The van der Waals surface area contributed by atoms with Crippen molar-refractivity contribution < 1.29 is 9.21 Å². The molecule has 0 saturated carbocycles. The van der Waals surface area contributed by atoms with Crippen molar-refractivity contribution in [3.8, 4) is 0 Å². The lowest BCUT2D eigenvalue weighted by atomic mass is 9.92. The zero-order valence-corrected chi connectivity index (χ0v) is 17.6. The van der Waals surface area contributed by atoms with E-state index in [9.17, 15) is 4.79 Å². The molecule has 1 amide bonds. The van der Waals surface area contributed by atoms with Gasteiger partial charge in [-0.25, -0.2) is 9.97 Å². The van der Waals surface area contributed by atoms with Crippen LogP contribution in [0.4, 0.5) is 11.6 Å². The summed E-state index contributed by atoms with van der Waals surface area (Å²) in [5.41, 5.74) is 4.16. The van der Waals surface area contributed by atoms with Crippen LogP contribution < -0.4 is 10.6 Å². The Labute approximate surface area is 171 Å². The number of para-hydroxylation sites is 1. The zero-order chi connectivity index (χ0) is 21.0. The van der Waals surface area contributed by atoms with E-state index in [0.29, 0.717) is 35.7 Å². The van der Waals surface area contributed by atoms with Crippen LogP contribution in [0.15, 0.2) is 47.1 Å². The van der Waals surface area contributed by atoms with Gasteiger partial charge in [-0.1, -0.05) is 45.9 Å². The van der Waals surface area contributed by atoms with Crippen LogP contribution in [0, 0.1) is 6.92 Å². The second-order valence-corrected chi connectivity index (χ2v) is 7.73. The summed E-state index contributed by atoms with van der Waals surface area (Å²) in [5, 5.41) is 6.22. The van der Waals surface area contributed by atoms with E-state index in [1.807, 2.05) is 25.1 Å². The molecular weight excluding hydrogens is 364 g/mol. The fourth-order valence-corrected chi connectivity index (χ4v) is 3.22. The molecular formula is C23H28N4O2. The molecule has 6 heteroatoms. The number of rotatable bonds is 7. The first-order valence-corrected chi connectivity index (χ1v) is 9.91. The second-order valence-electron chi connectivity index (χ2n) is 7.73. The third-order valence-corrected chi connectivity index (χ3v) is 4.70. The van der Waals surface area contributed by atoms with Crippen LogP contribution in [0.1, 0.15) is 72.6 Å². The van der Waals surface area contributed by atoms with Crippen molar-refractivity contribution in [1.29, 1.82) is 0 Å². The highest BCUT2D eigenvalue weighted by Gasteiger charge is 2.18. The molecule has 0 unspecified atom stereocenters. The maximum Gasteiger partial charge on any atom is 0.274 e. The SMILES string of the molecule is Cc1cc(C(=O)Nc2c(C(C)C)cccc2C(C)C)nc(NCc2ccco2)n1. The van der Waals surface area contributed by atoms with Crippen molar-refractivity contribution >= 4 is 17.5 Å². The van der Waals surface area contributed by atoms with Gasteiger partial charge in [-0.15, -0.1) is 0 Å². The van der Waals surface area contributed by atoms with Crippen LogP contribution in [0.25, 0.3) is 0 Å². The minimum Gasteiger partial charge on any atom is -0.467 e. The van der Waals surface area contributed by atoms with Crippen molar-refractivity contribution in [3.63, 3.8) is 0 Å². The van der Waals surface area contributed by atoms with E-state index in [1.54, 1.807) is 12.3 Å². The molecule has 0 atom stereocenters. The molecule has 2 heterocycles. The van der Waals surface area contributed by atoms with E-state index < -0.39 is 0 Å². The van der Waals surface area contributed by atoms with Gasteiger partial charge < -0.3 is 15.1 Å². The molecule has 0 bridgehead atoms. The molecule has 3 rings (SSSR count). The lowest BCUT2D eigenvalue weighted by Crippen LogP contribution is -2.18. The molecule has 3 aromatic rings. The fourth-order valence-electron chi connectivity index (χ4n) is 3.22. The van der Waals surface area contributed by atoms with Gasteiger partial charge in [0.2, 0.25) is 5.95 Å². The van der Waals surface area contributed by atoms with Crippen molar-refractivity contribution in [2.45, 2.75) is 53.0 Å². The Kier molecular flexibility index (Phi) is 6.32. The molecule has 0 spiro atoms. The van der Waals surface area contributed by atoms with E-state index in [2.05, 4.69) is 60.4 Å². The minimum atomic E-state index is -0.244. The molecule has 0 aliphatic rings. The van der Waals surface area contributed by atoms with Crippen molar-refractivity contribution in [2.24, 2.45) is 0 Å². The van der Waals surface area contributed by atoms with Gasteiger partial charge >= 0.3 is 0 Å². The number of carbonyl (C=O) groups excluding carboxylic acids is 1. The number of hydrogen-bond donors (Lipinski definition) is 2. The Balaban J connectivity index is 1.86. The molecule has 0 aliphatic carbocycles. The van der Waals surface area contributed by atoms with Crippen molar-refractivity contribution in [2.75, 3.05) is 10.6 Å². The highest BCUT2D eigenvalue weighted by atomic mass is 16.3. The molecule has 0 saturated heterocycles. The smallest absolute Gasteiger partial charge is 0.274 e. The van der Waals surface area contributed by atoms with E-state index in [1.165, 1.54) is 0 Å². The Hall–Kier alpha value is -3.15. The molecule has 2 aromatic heterocycles. The van der Waals surface area contributed by atoms with Gasteiger partial charge in [-0.2, -0.15) is 0 Å². The van der Waals surface area contributed by atoms with Gasteiger partial charge in [-0.05, 0) is 48.1 Å². The molecule has 0 fully saturated rings. The Morgan fingerprint density at radius 2 is 1.72 bits per heavy atom. The topological polar surface area (TPSA) is 80.0 Å². The first-order chi connectivity index (χ1) is 13.8. The van der Waals surface area contributed by atoms with Gasteiger partial charge in [0.1, 0.15) is 11.5 Å². The summed E-state index contributed by atoms with van der Waals surface area (Å²) in [5.74, 6) is 1.51. The molecule has 1 aromatic carbocycles. The number of aryl methyl sites for hydroxylation is 1. The molecule has 6 nitrogen and oxygen atoms in total. The lowest BCUT2D eigenvalue weighted by Gasteiger charge is -2.20. The molecule has 0 radical (unpaired) electrons. The lowest BCUT2D eigenvalue weighted by molar-refractivity contribution is 0.102. The Bertz CT molecular complexity index is 952. The maximum absolute atomic E-state index is 13.1. The third-order valence-electron chi connectivity index (χ3n) is 4.70. The van der Waals surface area contributed by atoms with Crippen LogP contribution >= 0.6 is 0 Å². The summed E-state index contributed by atoms with van der Waals surface area (Å²) >= 11 is 0. The monoisotopic (exact) mass is 392 g/mol. The average molecular weight is 393 g/mol. The van der Waals surface area contributed by atoms with Crippen LogP contribution in [0.5, 0.6) is 0 Å². The van der Waals surface area contributed by atoms with Gasteiger partial charge in [-0.3, -0.25) is 4.79 Å². The first-order valence-electron chi connectivity index (χ1n) is 9.91. The molecule has 2 N–H and O–H groups in total. The van der Waals surface area contributed by atoms with Gasteiger partial charge in [0.15, 0.2) is 0 Å². The summed E-state index contributed by atoms with van der Waals surface area (Å²) in [4.78, 5) is 21.8. The number of hydrogen-bond acceptors (Lipinski definition) is 5. The quantitative estimate of drug-likeness (QED) is 0.556. The third kappa shape index (κ3) is 5.02. The summed E-state index contributed by atoms with van der Waals surface area (Å²) < 4.78 is 5.32. The van der Waals surface area contributed by atoms with Crippen molar-refractivity contribution in [1.82, 2.24) is 9.97 Å². The summed E-state index contributed by atoms with van der Waals surface area (Å²) in [7, 11) is 0. The fraction of sp³-hybridized carbons (Fsp3) is 0.348. The Morgan fingerprint density at radius 1 is 1.03 bits per heavy atom. The van der Waals surface area contributed by atoms with E-state index in [-0.39, 0.29) is 5.91 Å². The molecule has 0 aliphatic heterocycles. The summed E-state index contributed by atoms with van der Waals surface area (Å²) in [6.07, 6.45) is 1.62. The van der Waals surface area contributed by atoms with Gasteiger partial charge in [0.05, 0.1) is 12.8 Å². The summed E-state index contributed by atoms with van der Waals surface area (Å²) in [6, 6.07) is 11.6. The van der Waals surface area contributed by atoms with Crippen LogP contribution in [-0.4, -0.2) is 15.9 Å².